The van der Waals surface area contributed by atoms with Crippen LogP contribution in [0.5, 0.6) is 0 Å². The number of unbranched alkanes of at least 4 members (excludes halogenated alkanes) is 2. The SMILES string of the molecule is CC.CC.CCCCCC(CO[N+](=O)[O-])O[N+](=O)[O-]. The molecule has 1 unspecified atom stereocenters. The molecule has 0 N–H and O–H groups in total. The number of hydrogen-bond donors (Lipinski definition) is 0. The Kier molecular flexibility index (Phi) is 22.3. The highest BCUT2D eigenvalue weighted by Crippen LogP contribution is 2.07. The van der Waals surface area contributed by atoms with Gasteiger partial charge in [0.05, 0.1) is 0 Å². The zero-order valence-electron chi connectivity index (χ0n) is 12.5. The fourth-order valence-corrected chi connectivity index (χ4v) is 1.05. The molecule has 0 aliphatic carbocycles. The third-order valence-corrected chi connectivity index (χ3v) is 1.73. The van der Waals surface area contributed by atoms with Crippen molar-refractivity contribution in [3.63, 3.8) is 0 Å². The molecule has 0 aliphatic heterocycles. The van der Waals surface area contributed by atoms with E-state index in [4.69, 9.17) is 0 Å². The summed E-state index contributed by atoms with van der Waals surface area (Å²) in [5, 5.41) is 18.0. The molecule has 0 heterocycles. The van der Waals surface area contributed by atoms with Crippen LogP contribution in [-0.4, -0.2) is 22.9 Å². The van der Waals surface area contributed by atoms with Crippen molar-refractivity contribution in [3.8, 4) is 0 Å². The highest BCUT2D eigenvalue weighted by atomic mass is 17.0. The molecule has 0 aliphatic rings. The molecule has 8 nitrogen and oxygen atoms in total. The highest BCUT2D eigenvalue weighted by molar-refractivity contribution is 4.54. The van der Waals surface area contributed by atoms with Crippen LogP contribution in [-0.2, 0) is 9.68 Å². The van der Waals surface area contributed by atoms with E-state index in [0.717, 1.165) is 19.3 Å². The van der Waals surface area contributed by atoms with Crippen molar-refractivity contribution in [2.45, 2.75) is 66.4 Å². The monoisotopic (exact) mass is 282 g/mol. The maximum atomic E-state index is 10.0. The molecule has 0 rings (SSSR count). The van der Waals surface area contributed by atoms with Gasteiger partial charge in [-0.1, -0.05) is 53.9 Å². The van der Waals surface area contributed by atoms with Crippen LogP contribution >= 0.6 is 0 Å². The maximum Gasteiger partial charge on any atom is 0.294 e. The lowest BCUT2D eigenvalue weighted by atomic mass is 10.1. The van der Waals surface area contributed by atoms with Gasteiger partial charge in [-0.05, 0) is 6.42 Å². The molecular weight excluding hydrogens is 256 g/mol. The summed E-state index contributed by atoms with van der Waals surface area (Å²) < 4.78 is 0. The molecule has 0 spiro atoms. The molecule has 0 saturated carbocycles. The Hall–Kier alpha value is -1.60. The minimum atomic E-state index is -0.990. The van der Waals surface area contributed by atoms with Gasteiger partial charge in [-0.25, -0.2) is 0 Å². The second-order valence-electron chi connectivity index (χ2n) is 2.97. The molecule has 0 fully saturated rings. The van der Waals surface area contributed by atoms with Crippen molar-refractivity contribution in [3.05, 3.63) is 20.2 Å². The Morgan fingerprint density at radius 1 is 1.00 bits per heavy atom. The van der Waals surface area contributed by atoms with Crippen molar-refractivity contribution in [2.24, 2.45) is 0 Å². The summed E-state index contributed by atoms with van der Waals surface area (Å²) in [6.07, 6.45) is 2.09. The fourth-order valence-electron chi connectivity index (χ4n) is 1.05. The van der Waals surface area contributed by atoms with E-state index in [2.05, 4.69) is 9.68 Å². The number of hydrogen-bond acceptors (Lipinski definition) is 6. The normalized spacial score (nSPS) is 9.95. The van der Waals surface area contributed by atoms with Crippen molar-refractivity contribution in [1.82, 2.24) is 0 Å². The fraction of sp³-hybridized carbons (Fsp3) is 1.00. The zero-order chi connectivity index (χ0) is 15.7. The Morgan fingerprint density at radius 3 is 1.89 bits per heavy atom. The third kappa shape index (κ3) is 22.1. The molecule has 0 radical (unpaired) electrons. The van der Waals surface area contributed by atoms with E-state index in [1.54, 1.807) is 0 Å². The van der Waals surface area contributed by atoms with Crippen LogP contribution in [0.3, 0.4) is 0 Å². The lowest BCUT2D eigenvalue weighted by molar-refractivity contribution is -0.790. The predicted molar refractivity (Wildman–Crippen MR) is 71.7 cm³/mol. The molecule has 0 aromatic carbocycles. The smallest absolute Gasteiger partial charge is 0.294 e. The van der Waals surface area contributed by atoms with Gasteiger partial charge in [0.15, 0.2) is 0 Å². The Morgan fingerprint density at radius 2 is 1.53 bits per heavy atom. The lowest BCUT2D eigenvalue weighted by Crippen LogP contribution is -2.24. The minimum absolute atomic E-state index is 0.378. The molecule has 0 bridgehead atoms. The third-order valence-electron chi connectivity index (χ3n) is 1.73. The van der Waals surface area contributed by atoms with Gasteiger partial charge in [0, 0.05) is 0 Å². The van der Waals surface area contributed by atoms with Crippen LogP contribution in [0, 0.1) is 20.2 Å². The maximum absolute atomic E-state index is 10.0. The van der Waals surface area contributed by atoms with E-state index < -0.39 is 22.9 Å². The summed E-state index contributed by atoms with van der Waals surface area (Å²) >= 11 is 0. The van der Waals surface area contributed by atoms with Crippen molar-refractivity contribution >= 4 is 0 Å². The van der Waals surface area contributed by atoms with E-state index in [9.17, 15) is 20.2 Å². The second kappa shape index (κ2) is 18.8. The standard InChI is InChI=1S/C7H14N2O6.2C2H6/c1-2-3-4-5-7(15-9(12)13)6-14-8(10)11;2*1-2/h7H,2-6H2,1H3;2*1-2H3. The van der Waals surface area contributed by atoms with E-state index in [1.807, 2.05) is 34.6 Å². The average molecular weight is 282 g/mol. The van der Waals surface area contributed by atoms with Gasteiger partial charge in [0.1, 0.15) is 12.7 Å². The second-order valence-corrected chi connectivity index (χ2v) is 2.97. The van der Waals surface area contributed by atoms with Crippen molar-refractivity contribution in [1.29, 1.82) is 0 Å². The quantitative estimate of drug-likeness (QED) is 0.364. The lowest BCUT2D eigenvalue weighted by Gasteiger charge is -2.12. The average Bonchev–Trinajstić information content (AvgIpc) is 2.40. The molecule has 0 aromatic heterocycles. The Bertz CT molecular complexity index is 213. The summed E-state index contributed by atoms with van der Waals surface area (Å²) in [4.78, 5) is 28.2. The van der Waals surface area contributed by atoms with Crippen LogP contribution in [0.25, 0.3) is 0 Å². The molecule has 8 heteroatoms. The van der Waals surface area contributed by atoms with E-state index in [-0.39, 0.29) is 0 Å². The summed E-state index contributed by atoms with van der Waals surface area (Å²) in [7, 11) is 0. The van der Waals surface area contributed by atoms with Gasteiger partial charge in [-0.15, -0.1) is 20.2 Å². The molecular formula is C11H26N2O6. The summed E-state index contributed by atoms with van der Waals surface area (Å²) in [6.45, 7) is 9.58. The first-order valence-corrected chi connectivity index (χ1v) is 6.64. The topological polar surface area (TPSA) is 105 Å². The van der Waals surface area contributed by atoms with E-state index in [0.29, 0.717) is 6.42 Å². The van der Waals surface area contributed by atoms with Gasteiger partial charge >= 0.3 is 0 Å². The van der Waals surface area contributed by atoms with E-state index in [1.165, 1.54) is 0 Å². The van der Waals surface area contributed by atoms with Crippen LogP contribution in [0.4, 0.5) is 0 Å². The molecule has 0 amide bonds. The Labute approximate surface area is 114 Å². The first kappa shape index (κ1) is 22.6. The summed E-state index contributed by atoms with van der Waals surface area (Å²) in [5.41, 5.74) is 0. The number of nitrogens with zero attached hydrogens (tertiary/aromatic N) is 2. The van der Waals surface area contributed by atoms with Gasteiger partial charge < -0.3 is 9.68 Å². The largest absolute Gasteiger partial charge is 0.312 e. The van der Waals surface area contributed by atoms with Gasteiger partial charge in [0.2, 0.25) is 0 Å². The van der Waals surface area contributed by atoms with Crippen LogP contribution < -0.4 is 0 Å². The summed E-state index contributed by atoms with van der Waals surface area (Å²) in [5.74, 6) is 0. The summed E-state index contributed by atoms with van der Waals surface area (Å²) in [6, 6.07) is 0. The van der Waals surface area contributed by atoms with Crippen molar-refractivity contribution in [2.75, 3.05) is 6.61 Å². The molecule has 1 atom stereocenters. The first-order chi connectivity index (χ1) is 9.06. The van der Waals surface area contributed by atoms with Gasteiger partial charge in [-0.2, -0.15) is 0 Å². The molecule has 19 heavy (non-hydrogen) atoms. The molecule has 0 saturated heterocycles. The van der Waals surface area contributed by atoms with E-state index >= 15 is 0 Å². The van der Waals surface area contributed by atoms with Crippen LogP contribution in [0.15, 0.2) is 0 Å². The van der Waals surface area contributed by atoms with Crippen LogP contribution in [0.1, 0.15) is 60.3 Å². The predicted octanol–water partition coefficient (Wildman–Crippen LogP) is 3.40. The zero-order valence-corrected chi connectivity index (χ0v) is 12.5. The Balaban J connectivity index is -0.000000579. The van der Waals surface area contributed by atoms with Gasteiger partial charge in [0.25, 0.3) is 10.2 Å². The van der Waals surface area contributed by atoms with Crippen molar-refractivity contribution < 1.29 is 19.8 Å². The highest BCUT2D eigenvalue weighted by Gasteiger charge is 2.14. The van der Waals surface area contributed by atoms with Gasteiger partial charge in [-0.3, -0.25) is 0 Å². The first-order valence-electron chi connectivity index (χ1n) is 6.64. The minimum Gasteiger partial charge on any atom is -0.312 e. The number of rotatable bonds is 9. The molecule has 0 aromatic rings. The van der Waals surface area contributed by atoms with Crippen LogP contribution in [0.2, 0.25) is 0 Å². The molecule has 116 valence electrons.